The van der Waals surface area contributed by atoms with Gasteiger partial charge in [0.25, 0.3) is 0 Å². The number of piperazine rings is 1. The molecule has 0 spiro atoms. The van der Waals surface area contributed by atoms with Gasteiger partial charge in [0.05, 0.1) is 7.11 Å². The second-order valence-electron chi connectivity index (χ2n) is 7.30. The maximum Gasteiger partial charge on any atom is 0.123 e. The largest absolute Gasteiger partial charge is 0.496 e. The molecule has 0 unspecified atom stereocenters. The Bertz CT molecular complexity index is 736. The van der Waals surface area contributed by atoms with Crippen molar-refractivity contribution in [1.29, 1.82) is 0 Å². The van der Waals surface area contributed by atoms with Gasteiger partial charge in [0.2, 0.25) is 0 Å². The Labute approximate surface area is 161 Å². The zero-order valence-electron chi connectivity index (χ0n) is 16.2. The maximum absolute atomic E-state index is 13.1. The van der Waals surface area contributed by atoms with Crippen molar-refractivity contribution in [2.24, 2.45) is 0 Å². The maximum atomic E-state index is 13.1. The lowest BCUT2D eigenvalue weighted by molar-refractivity contribution is 0.0499. The predicted molar refractivity (Wildman–Crippen MR) is 105 cm³/mol. The number of hydrogen-bond donors (Lipinski definition) is 1. The summed E-state index contributed by atoms with van der Waals surface area (Å²) < 4.78 is 18.5. The number of benzene rings is 2. The van der Waals surface area contributed by atoms with E-state index in [0.717, 1.165) is 56.0 Å². The smallest absolute Gasteiger partial charge is 0.123 e. The molecule has 1 heterocycles. The Hall–Kier alpha value is -1.95. The Morgan fingerprint density at radius 3 is 2.48 bits per heavy atom. The zero-order chi connectivity index (χ0) is 19.2. The van der Waals surface area contributed by atoms with Gasteiger partial charge in [0.1, 0.15) is 11.6 Å². The number of aliphatic hydroxyl groups excluding tert-OH is 1. The van der Waals surface area contributed by atoms with Crippen molar-refractivity contribution in [3.05, 3.63) is 65.0 Å². The van der Waals surface area contributed by atoms with Crippen LogP contribution in [0.3, 0.4) is 0 Å². The minimum Gasteiger partial charge on any atom is -0.496 e. The fourth-order valence-electron chi connectivity index (χ4n) is 3.85. The van der Waals surface area contributed by atoms with Crippen LogP contribution in [-0.4, -0.2) is 54.3 Å². The highest BCUT2D eigenvalue weighted by Gasteiger charge is 2.26. The van der Waals surface area contributed by atoms with Crippen LogP contribution in [0.5, 0.6) is 5.75 Å². The lowest BCUT2D eigenvalue weighted by Gasteiger charge is -2.41. The Morgan fingerprint density at radius 2 is 1.81 bits per heavy atom. The monoisotopic (exact) mass is 372 g/mol. The van der Waals surface area contributed by atoms with Gasteiger partial charge in [0.15, 0.2) is 0 Å². The molecule has 2 aromatic rings. The molecule has 1 aliphatic rings. The number of nitrogens with zero attached hydrogens (tertiary/aromatic N) is 2. The summed E-state index contributed by atoms with van der Waals surface area (Å²) in [6.45, 7) is 6.78. The van der Waals surface area contributed by atoms with E-state index in [9.17, 15) is 9.50 Å². The van der Waals surface area contributed by atoms with Crippen molar-refractivity contribution in [3.8, 4) is 5.75 Å². The number of rotatable bonds is 7. The summed E-state index contributed by atoms with van der Waals surface area (Å²) in [5, 5.41) is 9.52. The van der Waals surface area contributed by atoms with E-state index in [2.05, 4.69) is 28.9 Å². The van der Waals surface area contributed by atoms with Gasteiger partial charge in [-0.05, 0) is 48.2 Å². The van der Waals surface area contributed by atoms with Crippen molar-refractivity contribution < 1.29 is 14.2 Å². The van der Waals surface area contributed by atoms with Crippen molar-refractivity contribution in [1.82, 2.24) is 9.80 Å². The first-order valence-corrected chi connectivity index (χ1v) is 9.54. The molecule has 1 saturated heterocycles. The van der Waals surface area contributed by atoms with Crippen LogP contribution in [0.15, 0.2) is 42.5 Å². The SMILES string of the molecule is COc1ccc(CN2CCN(Cc3ccc(F)cc3)C[C@@H]2CCO)cc1C. The Balaban J connectivity index is 1.63. The summed E-state index contributed by atoms with van der Waals surface area (Å²) in [6.07, 6.45) is 0.759. The average Bonchev–Trinajstić information content (AvgIpc) is 2.66. The van der Waals surface area contributed by atoms with Crippen LogP contribution in [0, 0.1) is 12.7 Å². The predicted octanol–water partition coefficient (Wildman–Crippen LogP) is 3.21. The van der Waals surface area contributed by atoms with Crippen LogP contribution in [0.25, 0.3) is 0 Å². The molecule has 27 heavy (non-hydrogen) atoms. The van der Waals surface area contributed by atoms with E-state index in [0.29, 0.717) is 6.04 Å². The third-order valence-corrected chi connectivity index (χ3v) is 5.32. The van der Waals surface area contributed by atoms with E-state index in [1.54, 1.807) is 7.11 Å². The van der Waals surface area contributed by atoms with E-state index >= 15 is 0 Å². The average molecular weight is 372 g/mol. The number of hydrogen-bond acceptors (Lipinski definition) is 4. The van der Waals surface area contributed by atoms with Crippen LogP contribution in [0.2, 0.25) is 0 Å². The molecule has 0 saturated carbocycles. The molecule has 2 aromatic carbocycles. The molecule has 1 fully saturated rings. The molecule has 0 aliphatic carbocycles. The van der Waals surface area contributed by atoms with E-state index in [1.807, 2.05) is 18.2 Å². The first-order chi connectivity index (χ1) is 13.1. The van der Waals surface area contributed by atoms with Crippen molar-refractivity contribution >= 4 is 0 Å². The van der Waals surface area contributed by atoms with Crippen LogP contribution >= 0.6 is 0 Å². The molecule has 0 amide bonds. The molecule has 0 radical (unpaired) electrons. The van der Waals surface area contributed by atoms with E-state index in [1.165, 1.54) is 17.7 Å². The van der Waals surface area contributed by atoms with E-state index < -0.39 is 0 Å². The fourth-order valence-corrected chi connectivity index (χ4v) is 3.85. The molecule has 4 nitrogen and oxygen atoms in total. The molecular weight excluding hydrogens is 343 g/mol. The summed E-state index contributed by atoms with van der Waals surface area (Å²) in [5.74, 6) is 0.714. The molecule has 3 rings (SSSR count). The molecule has 1 aliphatic heterocycles. The highest BCUT2D eigenvalue weighted by molar-refractivity contribution is 5.36. The molecule has 5 heteroatoms. The van der Waals surface area contributed by atoms with Crippen molar-refractivity contribution in [2.45, 2.75) is 32.5 Å². The van der Waals surface area contributed by atoms with Crippen LogP contribution in [-0.2, 0) is 13.1 Å². The van der Waals surface area contributed by atoms with Gasteiger partial charge < -0.3 is 9.84 Å². The molecule has 1 N–H and O–H groups in total. The van der Waals surface area contributed by atoms with Gasteiger partial charge in [-0.15, -0.1) is 0 Å². The van der Waals surface area contributed by atoms with Crippen LogP contribution in [0.1, 0.15) is 23.1 Å². The summed E-state index contributed by atoms with van der Waals surface area (Å²) >= 11 is 0. The van der Waals surface area contributed by atoms with Gasteiger partial charge >= 0.3 is 0 Å². The molecule has 1 atom stereocenters. The summed E-state index contributed by atoms with van der Waals surface area (Å²) in [5.41, 5.74) is 3.53. The lowest BCUT2D eigenvalue weighted by Crippen LogP contribution is -2.52. The Kier molecular flexibility index (Phi) is 6.83. The zero-order valence-corrected chi connectivity index (χ0v) is 16.2. The second kappa shape index (κ2) is 9.31. The number of methoxy groups -OCH3 is 1. The third kappa shape index (κ3) is 5.28. The topological polar surface area (TPSA) is 35.9 Å². The summed E-state index contributed by atoms with van der Waals surface area (Å²) in [4.78, 5) is 4.85. The van der Waals surface area contributed by atoms with Gasteiger partial charge in [0, 0.05) is 45.4 Å². The van der Waals surface area contributed by atoms with E-state index in [-0.39, 0.29) is 12.4 Å². The van der Waals surface area contributed by atoms with Gasteiger partial charge in [-0.3, -0.25) is 9.80 Å². The molecular formula is C22H29FN2O2. The highest BCUT2D eigenvalue weighted by atomic mass is 19.1. The van der Waals surface area contributed by atoms with E-state index in [4.69, 9.17) is 4.74 Å². The fraction of sp³-hybridized carbons (Fsp3) is 0.455. The molecule has 0 bridgehead atoms. The number of ether oxygens (including phenoxy) is 1. The first-order valence-electron chi connectivity index (χ1n) is 9.54. The first kappa shape index (κ1) is 19.8. The van der Waals surface area contributed by atoms with Crippen molar-refractivity contribution in [3.63, 3.8) is 0 Å². The summed E-state index contributed by atoms with van der Waals surface area (Å²) in [7, 11) is 1.69. The van der Waals surface area contributed by atoms with Gasteiger partial charge in [-0.25, -0.2) is 4.39 Å². The lowest BCUT2D eigenvalue weighted by atomic mass is 10.0. The Morgan fingerprint density at radius 1 is 1.07 bits per heavy atom. The number of aliphatic hydroxyl groups is 1. The number of aryl methyl sites for hydroxylation is 1. The van der Waals surface area contributed by atoms with Crippen LogP contribution in [0.4, 0.5) is 4.39 Å². The van der Waals surface area contributed by atoms with Crippen molar-refractivity contribution in [2.75, 3.05) is 33.4 Å². The van der Waals surface area contributed by atoms with Gasteiger partial charge in [-0.1, -0.05) is 24.3 Å². The minimum absolute atomic E-state index is 0.188. The summed E-state index contributed by atoms with van der Waals surface area (Å²) in [6, 6.07) is 13.4. The minimum atomic E-state index is -0.198. The standard InChI is InChI=1S/C22H29FN2O2/c1-17-13-19(5-8-22(17)27-2)15-25-11-10-24(16-21(25)9-12-26)14-18-3-6-20(23)7-4-18/h3-8,13,21,26H,9-12,14-16H2,1-2H3/t21-/m0/s1. The quantitative estimate of drug-likeness (QED) is 0.810. The van der Waals surface area contributed by atoms with Crippen LogP contribution < -0.4 is 4.74 Å². The molecule has 146 valence electrons. The van der Waals surface area contributed by atoms with Gasteiger partial charge in [-0.2, -0.15) is 0 Å². The normalized spacial score (nSPS) is 18.6. The second-order valence-corrected chi connectivity index (χ2v) is 7.30. The molecule has 0 aromatic heterocycles. The third-order valence-electron chi connectivity index (χ3n) is 5.32. The number of halogens is 1. The highest BCUT2D eigenvalue weighted by Crippen LogP contribution is 2.22.